The van der Waals surface area contributed by atoms with E-state index in [4.69, 9.17) is 4.74 Å². The van der Waals surface area contributed by atoms with Gasteiger partial charge in [0.2, 0.25) is 11.8 Å². The first-order valence-corrected chi connectivity index (χ1v) is 11.5. The Hall–Kier alpha value is -3.99. The third-order valence-corrected chi connectivity index (χ3v) is 6.15. The van der Waals surface area contributed by atoms with Crippen LogP contribution >= 0.6 is 11.8 Å². The molecule has 2 amide bonds. The predicted octanol–water partition coefficient (Wildman–Crippen LogP) is 2.50. The maximum atomic E-state index is 12.0. The monoisotopic (exact) mass is 475 g/mol. The summed E-state index contributed by atoms with van der Waals surface area (Å²) < 4.78 is 5.96. The van der Waals surface area contributed by atoms with Crippen LogP contribution in [0.4, 0.5) is 16.4 Å². The Morgan fingerprint density at radius 2 is 1.74 bits per heavy atom. The summed E-state index contributed by atoms with van der Waals surface area (Å²) in [6, 6.07) is 11.5. The Balaban J connectivity index is 1.37. The van der Waals surface area contributed by atoms with Gasteiger partial charge in [0, 0.05) is 32.2 Å². The Morgan fingerprint density at radius 3 is 2.44 bits per heavy atom. The number of ether oxygens (including phenoxy) is 1. The van der Waals surface area contributed by atoms with Crippen LogP contribution in [0.1, 0.15) is 11.3 Å². The molecule has 0 aliphatic carbocycles. The third kappa shape index (κ3) is 5.15. The van der Waals surface area contributed by atoms with Crippen molar-refractivity contribution in [2.45, 2.75) is 6.61 Å². The molecule has 0 radical (unpaired) electrons. The van der Waals surface area contributed by atoms with E-state index in [-0.39, 0.29) is 4.91 Å². The first-order chi connectivity index (χ1) is 16.6. The standard InChI is InChI=1S/C23H21N7O3S/c31-21-19(34-23(32)28-21)10-17-11-20(33-14-16-4-2-1-3-5-16)27-22(26-17)30-8-6-29(7-9-30)18-12-24-15-25-13-18/h1-5,10-13,15H,6-9,14H2,(H,28,31,32). The smallest absolute Gasteiger partial charge is 0.290 e. The van der Waals surface area contributed by atoms with E-state index in [0.717, 1.165) is 36.1 Å². The van der Waals surface area contributed by atoms with Crippen molar-refractivity contribution in [3.8, 4) is 5.88 Å². The molecule has 0 bridgehead atoms. The van der Waals surface area contributed by atoms with Crippen molar-refractivity contribution in [3.63, 3.8) is 0 Å². The lowest BCUT2D eigenvalue weighted by Crippen LogP contribution is -2.47. The van der Waals surface area contributed by atoms with E-state index in [2.05, 4.69) is 35.1 Å². The molecule has 2 aliphatic rings. The van der Waals surface area contributed by atoms with Crippen molar-refractivity contribution in [1.82, 2.24) is 25.3 Å². The van der Waals surface area contributed by atoms with Gasteiger partial charge in [-0.2, -0.15) is 4.98 Å². The molecule has 1 aromatic carbocycles. The number of piperazine rings is 1. The van der Waals surface area contributed by atoms with Crippen LogP contribution in [0.3, 0.4) is 0 Å². The number of carbonyl (C=O) groups is 2. The maximum Gasteiger partial charge on any atom is 0.290 e. The van der Waals surface area contributed by atoms with Crippen molar-refractivity contribution in [2.75, 3.05) is 36.0 Å². The van der Waals surface area contributed by atoms with Gasteiger partial charge < -0.3 is 14.5 Å². The van der Waals surface area contributed by atoms with E-state index in [1.165, 1.54) is 6.33 Å². The maximum absolute atomic E-state index is 12.0. The van der Waals surface area contributed by atoms with Crippen molar-refractivity contribution in [2.24, 2.45) is 0 Å². The number of nitrogens with one attached hydrogen (secondary N) is 1. The summed E-state index contributed by atoms with van der Waals surface area (Å²) in [6.07, 6.45) is 6.70. The van der Waals surface area contributed by atoms with Crippen molar-refractivity contribution in [3.05, 3.63) is 71.3 Å². The van der Waals surface area contributed by atoms with Gasteiger partial charge in [0.1, 0.15) is 12.9 Å². The third-order valence-electron chi connectivity index (χ3n) is 5.34. The number of amides is 2. The molecule has 11 heteroatoms. The molecule has 10 nitrogen and oxygen atoms in total. The zero-order chi connectivity index (χ0) is 23.3. The molecule has 0 atom stereocenters. The average molecular weight is 476 g/mol. The number of benzene rings is 1. The van der Waals surface area contributed by atoms with Crippen LogP contribution in [0.5, 0.6) is 5.88 Å². The lowest BCUT2D eigenvalue weighted by atomic mass is 10.2. The second kappa shape index (κ2) is 9.87. The highest BCUT2D eigenvalue weighted by Crippen LogP contribution is 2.27. The molecule has 5 rings (SSSR count). The van der Waals surface area contributed by atoms with Gasteiger partial charge in [-0.3, -0.25) is 14.9 Å². The molecule has 0 unspecified atom stereocenters. The van der Waals surface area contributed by atoms with Gasteiger partial charge >= 0.3 is 0 Å². The molecular formula is C23H21N7O3S. The van der Waals surface area contributed by atoms with Crippen LogP contribution in [0.15, 0.2) is 60.0 Å². The lowest BCUT2D eigenvalue weighted by molar-refractivity contribution is -0.115. The summed E-state index contributed by atoms with van der Waals surface area (Å²) in [5.41, 5.74) is 2.49. The van der Waals surface area contributed by atoms with Crippen LogP contribution < -0.4 is 19.9 Å². The zero-order valence-electron chi connectivity index (χ0n) is 18.1. The fourth-order valence-electron chi connectivity index (χ4n) is 3.63. The van der Waals surface area contributed by atoms with Gasteiger partial charge in [0.05, 0.1) is 28.7 Å². The number of aromatic nitrogens is 4. The molecule has 0 saturated carbocycles. The number of imide groups is 1. The summed E-state index contributed by atoms with van der Waals surface area (Å²) in [4.78, 5) is 45.6. The van der Waals surface area contributed by atoms with Gasteiger partial charge in [-0.15, -0.1) is 0 Å². The van der Waals surface area contributed by atoms with Crippen LogP contribution in [0, 0.1) is 0 Å². The molecule has 1 N–H and O–H groups in total. The molecule has 2 aliphatic heterocycles. The molecule has 3 aromatic rings. The second-order valence-corrected chi connectivity index (χ2v) is 8.64. The molecule has 2 aromatic heterocycles. The molecule has 2 fully saturated rings. The highest BCUT2D eigenvalue weighted by Gasteiger charge is 2.26. The lowest BCUT2D eigenvalue weighted by Gasteiger charge is -2.35. The summed E-state index contributed by atoms with van der Waals surface area (Å²) in [7, 11) is 0. The Morgan fingerprint density at radius 1 is 1.00 bits per heavy atom. The molecule has 0 spiro atoms. The topological polar surface area (TPSA) is 113 Å². The Labute approximate surface area is 200 Å². The van der Waals surface area contributed by atoms with Crippen molar-refractivity contribution < 1.29 is 14.3 Å². The largest absolute Gasteiger partial charge is 0.473 e. The molecule has 172 valence electrons. The summed E-state index contributed by atoms with van der Waals surface area (Å²) in [5.74, 6) is 0.478. The molecule has 2 saturated heterocycles. The van der Waals surface area contributed by atoms with E-state index in [1.807, 2.05) is 30.3 Å². The van der Waals surface area contributed by atoms with Crippen molar-refractivity contribution in [1.29, 1.82) is 0 Å². The van der Waals surface area contributed by atoms with E-state index < -0.39 is 11.1 Å². The number of anilines is 2. The summed E-state index contributed by atoms with van der Waals surface area (Å²) >= 11 is 0.852. The number of nitrogens with zero attached hydrogens (tertiary/aromatic N) is 6. The summed E-state index contributed by atoms with van der Waals surface area (Å²) in [5, 5.41) is 1.87. The normalized spacial score (nSPS) is 17.2. The average Bonchev–Trinajstić information content (AvgIpc) is 3.20. The van der Waals surface area contributed by atoms with Crippen LogP contribution in [0.2, 0.25) is 0 Å². The minimum Gasteiger partial charge on any atom is -0.473 e. The van der Waals surface area contributed by atoms with E-state index in [9.17, 15) is 9.59 Å². The van der Waals surface area contributed by atoms with Gasteiger partial charge in [0.15, 0.2) is 0 Å². The van der Waals surface area contributed by atoms with Gasteiger partial charge in [-0.1, -0.05) is 30.3 Å². The number of hydrogen-bond donors (Lipinski definition) is 1. The van der Waals surface area contributed by atoms with E-state index >= 15 is 0 Å². The SMILES string of the molecule is O=C1NC(=O)C(=Cc2cc(OCc3ccccc3)nc(N3CCN(c4cncnc4)CC3)n2)S1. The number of carbonyl (C=O) groups excluding carboxylic acids is 2. The summed E-state index contributed by atoms with van der Waals surface area (Å²) in [6.45, 7) is 3.26. The molecule has 34 heavy (non-hydrogen) atoms. The number of thioether (sulfide) groups is 1. The van der Waals surface area contributed by atoms with E-state index in [1.54, 1.807) is 24.5 Å². The van der Waals surface area contributed by atoms with Gasteiger partial charge in [0.25, 0.3) is 11.1 Å². The number of rotatable bonds is 6. The Kier molecular flexibility index (Phi) is 6.34. The zero-order valence-corrected chi connectivity index (χ0v) is 18.9. The van der Waals surface area contributed by atoms with Gasteiger partial charge in [-0.05, 0) is 23.4 Å². The number of hydrogen-bond acceptors (Lipinski definition) is 10. The minimum atomic E-state index is -0.430. The molecule has 4 heterocycles. The van der Waals surface area contributed by atoms with Gasteiger partial charge in [-0.25, -0.2) is 15.0 Å². The highest BCUT2D eigenvalue weighted by atomic mass is 32.2. The first-order valence-electron chi connectivity index (χ1n) is 10.7. The van der Waals surface area contributed by atoms with Crippen LogP contribution in [-0.4, -0.2) is 57.3 Å². The fourth-order valence-corrected chi connectivity index (χ4v) is 4.29. The van der Waals surface area contributed by atoms with Crippen LogP contribution in [0.25, 0.3) is 6.08 Å². The van der Waals surface area contributed by atoms with Crippen molar-refractivity contribution >= 4 is 40.6 Å². The minimum absolute atomic E-state index is 0.289. The fraction of sp³-hybridized carbons (Fsp3) is 0.217. The van der Waals surface area contributed by atoms with Crippen LogP contribution in [-0.2, 0) is 11.4 Å². The quantitative estimate of drug-likeness (QED) is 0.534. The predicted molar refractivity (Wildman–Crippen MR) is 128 cm³/mol. The highest BCUT2D eigenvalue weighted by molar-refractivity contribution is 8.18. The Bertz CT molecular complexity index is 1220. The second-order valence-electron chi connectivity index (χ2n) is 7.63. The first kappa shape index (κ1) is 21.8. The molecular weight excluding hydrogens is 454 g/mol. The van der Waals surface area contributed by atoms with E-state index in [0.29, 0.717) is 37.2 Å².